The molecule has 0 aromatic heterocycles. The van der Waals surface area contributed by atoms with Crippen molar-refractivity contribution in [2.45, 2.75) is 0 Å². The summed E-state index contributed by atoms with van der Waals surface area (Å²) >= 11 is 0. The summed E-state index contributed by atoms with van der Waals surface area (Å²) in [5.74, 6) is 0.978. The summed E-state index contributed by atoms with van der Waals surface area (Å²) in [6.07, 6.45) is 3.05. The Kier molecular flexibility index (Phi) is 4.61. The Morgan fingerprint density at radius 2 is 1.86 bits per heavy atom. The minimum Gasteiger partial charge on any atom is -0.507 e. The lowest BCUT2D eigenvalue weighted by atomic mass is 10.1. The normalized spacial score (nSPS) is 10.6. The van der Waals surface area contributed by atoms with Gasteiger partial charge in [0, 0.05) is 11.6 Å². The van der Waals surface area contributed by atoms with Gasteiger partial charge >= 0.3 is 0 Å². The number of allylic oxidation sites excluding steroid dienone is 1. The second-order valence-electron chi connectivity index (χ2n) is 4.32. The third kappa shape index (κ3) is 3.42. The quantitative estimate of drug-likeness (QED) is 0.676. The largest absolute Gasteiger partial charge is 0.507 e. The number of phenolic OH excluding ortho intramolecular Hbond substituents is 1. The monoisotopic (exact) mass is 284 g/mol. The Morgan fingerprint density at radius 3 is 2.52 bits per heavy atom. The third-order valence-electron chi connectivity index (χ3n) is 3.02. The van der Waals surface area contributed by atoms with E-state index in [9.17, 15) is 9.90 Å². The average molecular weight is 284 g/mol. The summed E-state index contributed by atoms with van der Waals surface area (Å²) in [6, 6.07) is 11.8. The van der Waals surface area contributed by atoms with Crippen molar-refractivity contribution >= 4 is 11.9 Å². The highest BCUT2D eigenvalue weighted by Crippen LogP contribution is 2.26. The van der Waals surface area contributed by atoms with E-state index in [2.05, 4.69) is 0 Å². The summed E-state index contributed by atoms with van der Waals surface area (Å²) in [6.45, 7) is 0. The minimum atomic E-state index is -0.272. The first-order valence-electron chi connectivity index (χ1n) is 6.38. The summed E-state index contributed by atoms with van der Waals surface area (Å²) in [7, 11) is 3.13. The molecule has 0 heterocycles. The van der Waals surface area contributed by atoms with Crippen molar-refractivity contribution in [2.24, 2.45) is 0 Å². The highest BCUT2D eigenvalue weighted by atomic mass is 16.5. The smallest absolute Gasteiger partial charge is 0.189 e. The summed E-state index contributed by atoms with van der Waals surface area (Å²) < 4.78 is 10.4. The molecule has 4 heteroatoms. The number of ether oxygens (including phenoxy) is 2. The predicted octanol–water partition coefficient (Wildman–Crippen LogP) is 3.31. The summed E-state index contributed by atoms with van der Waals surface area (Å²) in [5, 5.41) is 9.65. The van der Waals surface area contributed by atoms with Crippen molar-refractivity contribution in [3.8, 4) is 17.2 Å². The van der Waals surface area contributed by atoms with Crippen molar-refractivity contribution in [2.75, 3.05) is 14.2 Å². The molecule has 2 rings (SSSR count). The van der Waals surface area contributed by atoms with E-state index in [1.165, 1.54) is 12.1 Å². The van der Waals surface area contributed by atoms with Crippen LogP contribution in [0.5, 0.6) is 17.2 Å². The molecule has 0 unspecified atom stereocenters. The van der Waals surface area contributed by atoms with E-state index in [1.54, 1.807) is 56.7 Å². The van der Waals surface area contributed by atoms with Crippen molar-refractivity contribution in [1.29, 1.82) is 0 Å². The van der Waals surface area contributed by atoms with Crippen LogP contribution >= 0.6 is 0 Å². The lowest BCUT2D eigenvalue weighted by Gasteiger charge is -2.07. The number of rotatable bonds is 5. The molecule has 0 atom stereocenters. The van der Waals surface area contributed by atoms with Gasteiger partial charge in [-0.3, -0.25) is 4.79 Å². The third-order valence-corrected chi connectivity index (χ3v) is 3.02. The van der Waals surface area contributed by atoms with E-state index in [4.69, 9.17) is 9.47 Å². The molecule has 0 radical (unpaired) electrons. The van der Waals surface area contributed by atoms with Crippen LogP contribution in [0.3, 0.4) is 0 Å². The Balaban J connectivity index is 2.25. The molecule has 0 fully saturated rings. The molecule has 0 bridgehead atoms. The Hall–Kier alpha value is -2.75. The van der Waals surface area contributed by atoms with Crippen LogP contribution in [0.2, 0.25) is 0 Å². The first-order valence-corrected chi connectivity index (χ1v) is 6.38. The van der Waals surface area contributed by atoms with Gasteiger partial charge in [-0.1, -0.05) is 12.1 Å². The second-order valence-corrected chi connectivity index (χ2v) is 4.32. The van der Waals surface area contributed by atoms with Crippen LogP contribution in [-0.2, 0) is 0 Å². The molecular weight excluding hydrogens is 268 g/mol. The van der Waals surface area contributed by atoms with E-state index in [0.29, 0.717) is 11.5 Å². The van der Waals surface area contributed by atoms with Crippen LogP contribution in [0, 0.1) is 0 Å². The summed E-state index contributed by atoms with van der Waals surface area (Å²) in [4.78, 5) is 12.0. The van der Waals surface area contributed by atoms with Gasteiger partial charge in [-0.2, -0.15) is 0 Å². The fourth-order valence-corrected chi connectivity index (χ4v) is 1.89. The highest BCUT2D eigenvalue weighted by molar-refractivity contribution is 6.08. The van der Waals surface area contributed by atoms with E-state index in [0.717, 1.165) is 5.56 Å². The van der Waals surface area contributed by atoms with Gasteiger partial charge in [0.25, 0.3) is 0 Å². The van der Waals surface area contributed by atoms with Crippen LogP contribution in [0.25, 0.3) is 6.08 Å². The van der Waals surface area contributed by atoms with Crippen molar-refractivity contribution in [1.82, 2.24) is 0 Å². The zero-order valence-electron chi connectivity index (χ0n) is 11.9. The SMILES string of the molecule is COc1ccc(/C=C/C(=O)c2ccccc2O)c(OC)c1. The van der Waals surface area contributed by atoms with Gasteiger partial charge < -0.3 is 14.6 Å². The number of methoxy groups -OCH3 is 2. The number of phenols is 1. The van der Waals surface area contributed by atoms with E-state index < -0.39 is 0 Å². The molecule has 0 saturated carbocycles. The number of benzene rings is 2. The van der Waals surface area contributed by atoms with E-state index in [-0.39, 0.29) is 17.1 Å². The molecule has 2 aromatic rings. The number of hydrogen-bond donors (Lipinski definition) is 1. The molecule has 21 heavy (non-hydrogen) atoms. The van der Waals surface area contributed by atoms with Crippen molar-refractivity contribution in [3.63, 3.8) is 0 Å². The molecule has 0 aliphatic heterocycles. The van der Waals surface area contributed by atoms with Crippen LogP contribution in [0.4, 0.5) is 0 Å². The zero-order valence-corrected chi connectivity index (χ0v) is 11.9. The highest BCUT2D eigenvalue weighted by Gasteiger charge is 2.07. The number of hydrogen-bond acceptors (Lipinski definition) is 4. The fraction of sp³-hybridized carbons (Fsp3) is 0.118. The van der Waals surface area contributed by atoms with E-state index in [1.807, 2.05) is 0 Å². The van der Waals surface area contributed by atoms with Crippen molar-refractivity contribution in [3.05, 3.63) is 59.7 Å². The second kappa shape index (κ2) is 6.61. The molecule has 0 amide bonds. The maximum absolute atomic E-state index is 12.0. The number of para-hydroxylation sites is 1. The maximum atomic E-state index is 12.0. The first kappa shape index (κ1) is 14.7. The summed E-state index contributed by atoms with van der Waals surface area (Å²) in [5.41, 5.74) is 1.02. The molecule has 0 aliphatic carbocycles. The molecule has 108 valence electrons. The Morgan fingerprint density at radius 1 is 1.10 bits per heavy atom. The predicted molar refractivity (Wildman–Crippen MR) is 81.0 cm³/mol. The van der Waals surface area contributed by atoms with Gasteiger partial charge in [0.15, 0.2) is 5.78 Å². The van der Waals surface area contributed by atoms with Gasteiger partial charge in [-0.25, -0.2) is 0 Å². The van der Waals surface area contributed by atoms with Gasteiger partial charge in [-0.15, -0.1) is 0 Å². The fourth-order valence-electron chi connectivity index (χ4n) is 1.89. The molecule has 2 aromatic carbocycles. The maximum Gasteiger partial charge on any atom is 0.189 e. The molecule has 0 aliphatic rings. The number of carbonyl (C=O) groups excluding carboxylic acids is 1. The molecule has 0 saturated heterocycles. The molecule has 4 nitrogen and oxygen atoms in total. The van der Waals surface area contributed by atoms with Gasteiger partial charge in [0.05, 0.1) is 19.8 Å². The first-order chi connectivity index (χ1) is 10.2. The number of aromatic hydroxyl groups is 1. The van der Waals surface area contributed by atoms with Crippen LogP contribution < -0.4 is 9.47 Å². The molecular formula is C17H16O4. The molecule has 1 N–H and O–H groups in total. The van der Waals surface area contributed by atoms with Crippen molar-refractivity contribution < 1.29 is 19.4 Å². The Bertz CT molecular complexity index is 674. The van der Waals surface area contributed by atoms with Crippen LogP contribution in [-0.4, -0.2) is 25.1 Å². The Labute approximate surface area is 123 Å². The lowest BCUT2D eigenvalue weighted by molar-refractivity contribution is 0.104. The van der Waals surface area contributed by atoms with Gasteiger partial charge in [0.2, 0.25) is 0 Å². The number of ketones is 1. The topological polar surface area (TPSA) is 55.8 Å². The van der Waals surface area contributed by atoms with Gasteiger partial charge in [-0.05, 0) is 36.4 Å². The van der Waals surface area contributed by atoms with Crippen LogP contribution in [0.15, 0.2) is 48.5 Å². The lowest BCUT2D eigenvalue weighted by Crippen LogP contribution is -1.95. The standard InChI is InChI=1S/C17H16O4/c1-20-13-9-7-12(17(11-13)21-2)8-10-16(19)14-5-3-4-6-15(14)18/h3-11,18H,1-2H3/b10-8+. The van der Waals surface area contributed by atoms with E-state index >= 15 is 0 Å². The zero-order chi connectivity index (χ0) is 15.2. The number of carbonyl (C=O) groups is 1. The molecule has 0 spiro atoms. The average Bonchev–Trinajstić information content (AvgIpc) is 2.52. The van der Waals surface area contributed by atoms with Crippen LogP contribution in [0.1, 0.15) is 15.9 Å². The van der Waals surface area contributed by atoms with Gasteiger partial charge in [0.1, 0.15) is 17.2 Å². The minimum absolute atomic E-state index is 0.0335.